The van der Waals surface area contributed by atoms with Crippen LogP contribution in [-0.2, 0) is 14.4 Å². The highest BCUT2D eigenvalue weighted by Crippen LogP contribution is 2.02. The first kappa shape index (κ1) is 15.9. The summed E-state index contributed by atoms with van der Waals surface area (Å²) in [6.45, 7) is 0.134. The monoisotopic (exact) mass is 285 g/mol. The molecule has 1 aliphatic heterocycles. The first-order valence-corrected chi connectivity index (χ1v) is 6.57. The van der Waals surface area contributed by atoms with Crippen LogP contribution in [0.5, 0.6) is 0 Å². The van der Waals surface area contributed by atoms with Gasteiger partial charge in [-0.15, -0.1) is 0 Å². The molecule has 0 saturated carbocycles. The van der Waals surface area contributed by atoms with Gasteiger partial charge in [0.05, 0.1) is 6.54 Å². The van der Waals surface area contributed by atoms with E-state index < -0.39 is 17.9 Å². The molecule has 0 atom stereocenters. The number of hydrogen-bond donors (Lipinski definition) is 3. The van der Waals surface area contributed by atoms with Crippen molar-refractivity contribution in [1.82, 2.24) is 15.5 Å². The van der Waals surface area contributed by atoms with Gasteiger partial charge < -0.3 is 15.7 Å². The standard InChI is InChI=1S/C12H19N3O5/c16-9(8-15-10(17)7-14-12(15)20)13-6-4-2-1-3-5-11(18)19/h1-8H2,(H,13,16)(H,14,20)(H,18,19). The first-order chi connectivity index (χ1) is 9.50. The number of nitrogens with zero attached hydrogens (tertiary/aromatic N) is 1. The van der Waals surface area contributed by atoms with Gasteiger partial charge in [-0.2, -0.15) is 0 Å². The zero-order valence-electron chi connectivity index (χ0n) is 11.2. The third kappa shape index (κ3) is 5.68. The molecule has 4 amide bonds. The molecule has 1 heterocycles. The highest BCUT2D eigenvalue weighted by atomic mass is 16.4. The molecular formula is C12H19N3O5. The zero-order chi connectivity index (χ0) is 15.0. The van der Waals surface area contributed by atoms with E-state index in [1.54, 1.807) is 0 Å². The average Bonchev–Trinajstić information content (AvgIpc) is 2.69. The summed E-state index contributed by atoms with van der Waals surface area (Å²) in [6, 6.07) is -0.543. The van der Waals surface area contributed by atoms with Gasteiger partial charge in [0.25, 0.3) is 5.91 Å². The SMILES string of the molecule is O=C(O)CCCCCCNC(=O)CN1C(=O)CNC1=O. The number of carbonyl (C=O) groups is 4. The third-order valence-electron chi connectivity index (χ3n) is 2.88. The van der Waals surface area contributed by atoms with Crippen molar-refractivity contribution in [3.05, 3.63) is 0 Å². The molecule has 0 spiro atoms. The number of nitrogens with one attached hydrogen (secondary N) is 2. The Balaban J connectivity index is 2.04. The number of imide groups is 1. The Morgan fingerprint density at radius 1 is 1.20 bits per heavy atom. The zero-order valence-corrected chi connectivity index (χ0v) is 11.2. The van der Waals surface area contributed by atoms with Gasteiger partial charge in [0.2, 0.25) is 5.91 Å². The maximum absolute atomic E-state index is 11.5. The molecule has 8 nitrogen and oxygen atoms in total. The predicted octanol–water partition coefficient (Wildman–Crippen LogP) is -0.310. The van der Waals surface area contributed by atoms with Crippen LogP contribution in [0.1, 0.15) is 32.1 Å². The summed E-state index contributed by atoms with van der Waals surface area (Å²) in [6.07, 6.45) is 3.17. The summed E-state index contributed by atoms with van der Waals surface area (Å²) < 4.78 is 0. The third-order valence-corrected chi connectivity index (χ3v) is 2.88. The van der Waals surface area contributed by atoms with Gasteiger partial charge in [-0.3, -0.25) is 19.3 Å². The molecule has 0 aliphatic carbocycles. The number of aliphatic carboxylic acids is 1. The van der Waals surface area contributed by atoms with Crippen LogP contribution in [-0.4, -0.2) is 53.5 Å². The van der Waals surface area contributed by atoms with E-state index >= 15 is 0 Å². The maximum Gasteiger partial charge on any atom is 0.325 e. The summed E-state index contributed by atoms with van der Waals surface area (Å²) in [4.78, 5) is 45.1. The summed E-state index contributed by atoms with van der Waals surface area (Å²) in [7, 11) is 0. The predicted molar refractivity (Wildman–Crippen MR) is 68.8 cm³/mol. The Bertz CT molecular complexity index is 381. The highest BCUT2D eigenvalue weighted by molar-refractivity contribution is 6.04. The second-order valence-corrected chi connectivity index (χ2v) is 4.55. The molecule has 1 fully saturated rings. The lowest BCUT2D eigenvalue weighted by Crippen LogP contribution is -2.41. The maximum atomic E-state index is 11.5. The van der Waals surface area contributed by atoms with Crippen LogP contribution < -0.4 is 10.6 Å². The minimum absolute atomic E-state index is 0.0598. The van der Waals surface area contributed by atoms with Crippen LogP contribution in [0.4, 0.5) is 4.79 Å². The summed E-state index contributed by atoms with van der Waals surface area (Å²) >= 11 is 0. The van der Waals surface area contributed by atoms with Gasteiger partial charge in [-0.25, -0.2) is 4.79 Å². The molecule has 8 heteroatoms. The molecular weight excluding hydrogens is 266 g/mol. The van der Waals surface area contributed by atoms with Crippen LogP contribution in [0.25, 0.3) is 0 Å². The molecule has 0 radical (unpaired) electrons. The van der Waals surface area contributed by atoms with Crippen molar-refractivity contribution in [1.29, 1.82) is 0 Å². The fourth-order valence-corrected chi connectivity index (χ4v) is 1.80. The number of unbranched alkanes of at least 4 members (excludes halogenated alkanes) is 3. The van der Waals surface area contributed by atoms with Crippen molar-refractivity contribution in [2.45, 2.75) is 32.1 Å². The van der Waals surface area contributed by atoms with Crippen molar-refractivity contribution < 1.29 is 24.3 Å². The lowest BCUT2D eigenvalue weighted by Gasteiger charge is -2.12. The van der Waals surface area contributed by atoms with Crippen LogP contribution in [0, 0.1) is 0 Å². The molecule has 0 unspecified atom stereocenters. The Morgan fingerprint density at radius 2 is 1.90 bits per heavy atom. The van der Waals surface area contributed by atoms with E-state index in [1.807, 2.05) is 0 Å². The molecule has 0 aromatic rings. The fraction of sp³-hybridized carbons (Fsp3) is 0.667. The van der Waals surface area contributed by atoms with E-state index in [4.69, 9.17) is 5.11 Å². The largest absolute Gasteiger partial charge is 0.481 e. The number of carbonyl (C=O) groups excluding carboxylic acids is 3. The smallest absolute Gasteiger partial charge is 0.325 e. The molecule has 1 aliphatic rings. The van der Waals surface area contributed by atoms with Crippen LogP contribution in [0.15, 0.2) is 0 Å². The molecule has 1 saturated heterocycles. The van der Waals surface area contributed by atoms with Crippen LogP contribution >= 0.6 is 0 Å². The van der Waals surface area contributed by atoms with Gasteiger partial charge in [0, 0.05) is 13.0 Å². The average molecular weight is 285 g/mol. The van der Waals surface area contributed by atoms with Gasteiger partial charge in [-0.1, -0.05) is 12.8 Å². The van der Waals surface area contributed by atoms with E-state index in [0.29, 0.717) is 13.0 Å². The molecule has 0 bridgehead atoms. The Labute approximate surface area is 116 Å². The second kappa shape index (κ2) is 8.13. The van der Waals surface area contributed by atoms with Gasteiger partial charge in [0.1, 0.15) is 6.54 Å². The molecule has 3 N–H and O–H groups in total. The number of urea groups is 1. The van der Waals surface area contributed by atoms with E-state index in [0.717, 1.165) is 24.2 Å². The van der Waals surface area contributed by atoms with Crippen molar-refractivity contribution in [2.75, 3.05) is 19.6 Å². The van der Waals surface area contributed by atoms with E-state index in [9.17, 15) is 19.2 Å². The van der Waals surface area contributed by atoms with Gasteiger partial charge in [-0.05, 0) is 12.8 Å². The van der Waals surface area contributed by atoms with Gasteiger partial charge in [0.15, 0.2) is 0 Å². The Hall–Kier alpha value is -2.12. The molecule has 20 heavy (non-hydrogen) atoms. The molecule has 0 aromatic heterocycles. The first-order valence-electron chi connectivity index (χ1n) is 6.57. The fourth-order valence-electron chi connectivity index (χ4n) is 1.80. The van der Waals surface area contributed by atoms with Crippen molar-refractivity contribution in [2.24, 2.45) is 0 Å². The number of carboxylic acids is 1. The minimum Gasteiger partial charge on any atom is -0.481 e. The number of carboxylic acid groups (broad SMARTS) is 1. The Morgan fingerprint density at radius 3 is 2.50 bits per heavy atom. The minimum atomic E-state index is -0.799. The quantitative estimate of drug-likeness (QED) is 0.397. The highest BCUT2D eigenvalue weighted by Gasteiger charge is 2.29. The summed E-state index contributed by atoms with van der Waals surface area (Å²) in [5.41, 5.74) is 0. The number of rotatable bonds is 9. The number of hydrogen-bond acceptors (Lipinski definition) is 4. The van der Waals surface area contributed by atoms with E-state index in [2.05, 4.69) is 10.6 Å². The second-order valence-electron chi connectivity index (χ2n) is 4.55. The molecule has 112 valence electrons. The van der Waals surface area contributed by atoms with Crippen LogP contribution in [0.3, 0.4) is 0 Å². The lowest BCUT2D eigenvalue weighted by atomic mass is 10.1. The van der Waals surface area contributed by atoms with Crippen molar-refractivity contribution in [3.8, 4) is 0 Å². The normalized spacial score (nSPS) is 14.3. The number of amides is 4. The van der Waals surface area contributed by atoms with Crippen LogP contribution in [0.2, 0.25) is 0 Å². The van der Waals surface area contributed by atoms with Crippen molar-refractivity contribution in [3.63, 3.8) is 0 Å². The molecule has 1 rings (SSSR count). The summed E-state index contributed by atoms with van der Waals surface area (Å²) in [5, 5.41) is 13.4. The molecule has 0 aromatic carbocycles. The van der Waals surface area contributed by atoms with Gasteiger partial charge >= 0.3 is 12.0 Å². The summed E-state index contributed by atoms with van der Waals surface area (Å²) in [5.74, 6) is -1.58. The van der Waals surface area contributed by atoms with E-state index in [-0.39, 0.29) is 25.4 Å². The van der Waals surface area contributed by atoms with Crippen molar-refractivity contribution >= 4 is 23.8 Å². The Kier molecular flexibility index (Phi) is 6.48. The van der Waals surface area contributed by atoms with E-state index in [1.165, 1.54) is 0 Å². The topological polar surface area (TPSA) is 116 Å². The lowest BCUT2D eigenvalue weighted by molar-refractivity contribution is -0.137.